The number of benzene rings is 1. The number of nitrogens with zero attached hydrogens (tertiary/aromatic N) is 1. The Balaban J connectivity index is 1.84. The highest BCUT2D eigenvalue weighted by molar-refractivity contribution is 5.75. The van der Waals surface area contributed by atoms with E-state index in [4.69, 9.17) is 4.84 Å². The van der Waals surface area contributed by atoms with Crippen LogP contribution in [0.25, 0.3) is 0 Å². The van der Waals surface area contributed by atoms with Crippen LogP contribution in [0.4, 0.5) is 0 Å². The molecular weight excluding hydrogens is 228 g/mol. The lowest BCUT2D eigenvalue weighted by Gasteiger charge is -2.26. The molecule has 1 aliphatic rings. The van der Waals surface area contributed by atoms with Crippen molar-refractivity contribution in [3.63, 3.8) is 0 Å². The summed E-state index contributed by atoms with van der Waals surface area (Å²) in [6.45, 7) is 5.38. The largest absolute Gasteiger partial charge is 0.406 e. The van der Waals surface area contributed by atoms with E-state index in [-0.39, 0.29) is 5.78 Å². The Kier molecular flexibility index (Phi) is 4.73. The smallest absolute Gasteiger partial charge is 0.147 e. The number of rotatable bonds is 5. The van der Waals surface area contributed by atoms with Crippen LogP contribution in [0.2, 0.25) is 0 Å². The van der Waals surface area contributed by atoms with Crippen molar-refractivity contribution in [3.05, 3.63) is 29.8 Å². The first-order valence-corrected chi connectivity index (χ1v) is 6.46. The van der Waals surface area contributed by atoms with E-state index in [0.717, 1.165) is 38.3 Å². The second-order valence-corrected chi connectivity index (χ2v) is 4.62. The van der Waals surface area contributed by atoms with Gasteiger partial charge >= 0.3 is 0 Å². The van der Waals surface area contributed by atoms with Gasteiger partial charge in [0.2, 0.25) is 0 Å². The summed E-state index contributed by atoms with van der Waals surface area (Å²) in [7, 11) is 0. The monoisotopic (exact) mass is 248 g/mol. The standard InChI is InChI=1S/C14H20N2O2/c1-12(17)2-3-13-4-6-14(7-5-13)18-16-10-8-15-9-11-16/h4-7,15H,2-3,8-11H2,1H3. The lowest BCUT2D eigenvalue weighted by Crippen LogP contribution is -2.45. The van der Waals surface area contributed by atoms with Crippen LogP contribution in [0.5, 0.6) is 5.75 Å². The summed E-state index contributed by atoms with van der Waals surface area (Å²) in [4.78, 5) is 16.7. The van der Waals surface area contributed by atoms with Gasteiger partial charge in [0.25, 0.3) is 0 Å². The van der Waals surface area contributed by atoms with Crippen LogP contribution in [0, 0.1) is 0 Å². The zero-order valence-electron chi connectivity index (χ0n) is 10.8. The highest BCUT2D eigenvalue weighted by Gasteiger charge is 2.10. The van der Waals surface area contributed by atoms with Gasteiger partial charge < -0.3 is 14.9 Å². The third-order valence-corrected chi connectivity index (χ3v) is 3.00. The fourth-order valence-corrected chi connectivity index (χ4v) is 1.92. The van der Waals surface area contributed by atoms with E-state index in [1.165, 1.54) is 5.56 Å². The number of carbonyl (C=O) groups excluding carboxylic acids is 1. The quantitative estimate of drug-likeness (QED) is 0.855. The minimum Gasteiger partial charge on any atom is -0.406 e. The van der Waals surface area contributed by atoms with Gasteiger partial charge in [-0.15, -0.1) is 5.06 Å². The minimum absolute atomic E-state index is 0.233. The minimum atomic E-state index is 0.233. The van der Waals surface area contributed by atoms with Crippen LogP contribution < -0.4 is 10.2 Å². The summed E-state index contributed by atoms with van der Waals surface area (Å²) in [6, 6.07) is 8.00. The summed E-state index contributed by atoms with van der Waals surface area (Å²) in [6.07, 6.45) is 1.42. The molecule has 4 nitrogen and oxygen atoms in total. The number of carbonyl (C=O) groups is 1. The number of hydrogen-bond donors (Lipinski definition) is 1. The van der Waals surface area contributed by atoms with Gasteiger partial charge in [-0.05, 0) is 31.0 Å². The lowest BCUT2D eigenvalue weighted by molar-refractivity contribution is -0.116. The van der Waals surface area contributed by atoms with Crippen molar-refractivity contribution in [1.29, 1.82) is 0 Å². The number of hydrogen-bond acceptors (Lipinski definition) is 4. The van der Waals surface area contributed by atoms with Crippen molar-refractivity contribution in [2.45, 2.75) is 19.8 Å². The van der Waals surface area contributed by atoms with E-state index in [1.807, 2.05) is 29.3 Å². The molecule has 1 aliphatic heterocycles. The molecule has 2 rings (SSSR count). The topological polar surface area (TPSA) is 41.6 Å². The Morgan fingerprint density at radius 1 is 1.28 bits per heavy atom. The third kappa shape index (κ3) is 4.13. The Labute approximate surface area is 108 Å². The molecule has 0 amide bonds. The summed E-state index contributed by atoms with van der Waals surface area (Å²) in [5, 5.41) is 5.26. The fourth-order valence-electron chi connectivity index (χ4n) is 1.92. The molecule has 0 atom stereocenters. The Bertz CT molecular complexity index is 383. The first kappa shape index (κ1) is 13.1. The Morgan fingerprint density at radius 2 is 1.94 bits per heavy atom. The van der Waals surface area contributed by atoms with E-state index in [9.17, 15) is 4.79 Å². The van der Waals surface area contributed by atoms with Crippen molar-refractivity contribution < 1.29 is 9.63 Å². The van der Waals surface area contributed by atoms with Crippen molar-refractivity contribution in [1.82, 2.24) is 10.4 Å². The molecule has 1 aromatic rings. The van der Waals surface area contributed by atoms with E-state index < -0.39 is 0 Å². The fraction of sp³-hybridized carbons (Fsp3) is 0.500. The molecule has 0 aromatic heterocycles. The average molecular weight is 248 g/mol. The molecule has 0 unspecified atom stereocenters. The van der Waals surface area contributed by atoms with Gasteiger partial charge in [0, 0.05) is 32.6 Å². The molecule has 1 heterocycles. The van der Waals surface area contributed by atoms with Gasteiger partial charge in [0.15, 0.2) is 0 Å². The van der Waals surface area contributed by atoms with Crippen LogP contribution in [0.15, 0.2) is 24.3 Å². The normalized spacial score (nSPS) is 16.5. The van der Waals surface area contributed by atoms with Gasteiger partial charge in [0.1, 0.15) is 11.5 Å². The molecule has 4 heteroatoms. The van der Waals surface area contributed by atoms with Crippen LogP contribution in [-0.2, 0) is 11.2 Å². The van der Waals surface area contributed by atoms with E-state index in [1.54, 1.807) is 6.92 Å². The zero-order chi connectivity index (χ0) is 12.8. The molecule has 1 N–H and O–H groups in total. The van der Waals surface area contributed by atoms with Crippen molar-refractivity contribution in [2.24, 2.45) is 0 Å². The van der Waals surface area contributed by atoms with Crippen LogP contribution in [0.1, 0.15) is 18.9 Å². The van der Waals surface area contributed by atoms with E-state index in [0.29, 0.717) is 6.42 Å². The second-order valence-electron chi connectivity index (χ2n) is 4.62. The average Bonchev–Trinajstić information content (AvgIpc) is 2.39. The molecule has 0 radical (unpaired) electrons. The third-order valence-electron chi connectivity index (χ3n) is 3.00. The van der Waals surface area contributed by atoms with Gasteiger partial charge in [-0.25, -0.2) is 0 Å². The van der Waals surface area contributed by atoms with Crippen molar-refractivity contribution in [3.8, 4) is 5.75 Å². The molecule has 1 fully saturated rings. The van der Waals surface area contributed by atoms with Crippen molar-refractivity contribution >= 4 is 5.78 Å². The molecule has 0 spiro atoms. The first-order chi connectivity index (χ1) is 8.74. The molecule has 0 saturated carbocycles. The summed E-state index contributed by atoms with van der Waals surface area (Å²) >= 11 is 0. The molecule has 0 bridgehead atoms. The number of ketones is 1. The molecule has 98 valence electrons. The number of Topliss-reactive ketones (excluding diaryl/α,β-unsaturated/α-hetero) is 1. The van der Waals surface area contributed by atoms with Gasteiger partial charge in [-0.3, -0.25) is 0 Å². The predicted molar refractivity (Wildman–Crippen MR) is 70.5 cm³/mol. The maximum atomic E-state index is 10.9. The maximum absolute atomic E-state index is 10.9. The Morgan fingerprint density at radius 3 is 2.56 bits per heavy atom. The number of aryl methyl sites for hydroxylation is 1. The highest BCUT2D eigenvalue weighted by atomic mass is 16.7. The lowest BCUT2D eigenvalue weighted by atomic mass is 10.1. The van der Waals surface area contributed by atoms with E-state index in [2.05, 4.69) is 5.32 Å². The highest BCUT2D eigenvalue weighted by Crippen LogP contribution is 2.15. The van der Waals surface area contributed by atoms with Crippen molar-refractivity contribution in [2.75, 3.05) is 26.2 Å². The molecular formula is C14H20N2O2. The first-order valence-electron chi connectivity index (χ1n) is 6.46. The van der Waals surface area contributed by atoms with E-state index >= 15 is 0 Å². The van der Waals surface area contributed by atoms with Crippen LogP contribution in [0.3, 0.4) is 0 Å². The van der Waals surface area contributed by atoms with Crippen LogP contribution >= 0.6 is 0 Å². The van der Waals surface area contributed by atoms with Crippen LogP contribution in [-0.4, -0.2) is 37.0 Å². The number of piperazine rings is 1. The molecule has 1 saturated heterocycles. The number of hydroxylamine groups is 2. The Hall–Kier alpha value is -1.39. The SMILES string of the molecule is CC(=O)CCc1ccc(ON2CCNCC2)cc1. The number of nitrogens with one attached hydrogen (secondary N) is 1. The summed E-state index contributed by atoms with van der Waals surface area (Å²) in [5.74, 6) is 1.10. The van der Waals surface area contributed by atoms with Gasteiger partial charge in [0.05, 0.1) is 0 Å². The molecule has 1 aromatic carbocycles. The molecule has 0 aliphatic carbocycles. The zero-order valence-corrected chi connectivity index (χ0v) is 10.8. The predicted octanol–water partition coefficient (Wildman–Crippen LogP) is 1.41. The summed E-state index contributed by atoms with van der Waals surface area (Å²) in [5.41, 5.74) is 1.18. The maximum Gasteiger partial charge on any atom is 0.147 e. The van der Waals surface area contributed by atoms with Gasteiger partial charge in [-0.2, -0.15) is 0 Å². The molecule has 18 heavy (non-hydrogen) atoms. The van der Waals surface area contributed by atoms with Gasteiger partial charge in [-0.1, -0.05) is 12.1 Å². The summed E-state index contributed by atoms with van der Waals surface area (Å²) < 4.78 is 0. The second kappa shape index (κ2) is 6.52.